The quantitative estimate of drug-likeness (QED) is 0.909. The minimum absolute atomic E-state index is 0.0504. The van der Waals surface area contributed by atoms with E-state index in [1.807, 2.05) is 34.6 Å². The molecule has 0 fully saturated rings. The molecule has 5 nitrogen and oxygen atoms in total. The van der Waals surface area contributed by atoms with Crippen LogP contribution in [0.4, 0.5) is 4.79 Å². The minimum Gasteiger partial charge on any atom is -0.377 e. The molecule has 0 aliphatic heterocycles. The predicted molar refractivity (Wildman–Crippen MR) is 82.3 cm³/mol. The molecule has 1 N–H and O–H groups in total. The van der Waals surface area contributed by atoms with Crippen LogP contribution in [0.15, 0.2) is 0 Å². The highest BCUT2D eigenvalue weighted by atomic mass is 32.1. The number of ether oxygens (including phenoxy) is 1. The Bertz CT molecular complexity index is 471. The van der Waals surface area contributed by atoms with Gasteiger partial charge in [-0.15, -0.1) is 11.3 Å². The summed E-state index contributed by atoms with van der Waals surface area (Å²) < 4.78 is 5.29. The van der Waals surface area contributed by atoms with Crippen LogP contribution >= 0.6 is 11.3 Å². The highest BCUT2D eigenvalue weighted by molar-refractivity contribution is 7.11. The Morgan fingerprint density at radius 2 is 2.10 bits per heavy atom. The van der Waals surface area contributed by atoms with Crippen LogP contribution in [0, 0.1) is 13.8 Å². The van der Waals surface area contributed by atoms with Crippen LogP contribution in [-0.2, 0) is 4.74 Å². The standard InChI is InChI=1S/C14H25N3O2S/c1-9(12-10(2)20-11(3)16-12)17(6)13(18)15-8-14(4,5)19-7/h9H,8H2,1-7H3,(H,15,18)/t9-/m0/s1. The second-order valence-electron chi connectivity index (χ2n) is 5.58. The van der Waals surface area contributed by atoms with E-state index in [0.717, 1.165) is 15.6 Å². The summed E-state index contributed by atoms with van der Waals surface area (Å²) in [7, 11) is 3.42. The van der Waals surface area contributed by atoms with Gasteiger partial charge in [0.05, 0.1) is 22.3 Å². The van der Waals surface area contributed by atoms with Crippen LogP contribution < -0.4 is 5.32 Å². The van der Waals surface area contributed by atoms with E-state index in [2.05, 4.69) is 10.3 Å². The summed E-state index contributed by atoms with van der Waals surface area (Å²) in [6, 6.07) is -0.168. The van der Waals surface area contributed by atoms with E-state index in [1.165, 1.54) is 0 Å². The number of thiazole rings is 1. The molecule has 0 radical (unpaired) electrons. The normalized spacial score (nSPS) is 13.2. The average molecular weight is 299 g/mol. The first-order chi connectivity index (χ1) is 9.18. The smallest absolute Gasteiger partial charge is 0.317 e. The maximum absolute atomic E-state index is 12.2. The number of aryl methyl sites for hydroxylation is 2. The Morgan fingerprint density at radius 3 is 2.55 bits per heavy atom. The number of nitrogens with one attached hydrogen (secondary N) is 1. The van der Waals surface area contributed by atoms with E-state index in [1.54, 1.807) is 30.4 Å². The second kappa shape index (κ2) is 6.54. The van der Waals surface area contributed by atoms with Gasteiger partial charge in [0.2, 0.25) is 0 Å². The Hall–Kier alpha value is -1.14. The summed E-state index contributed by atoms with van der Waals surface area (Å²) >= 11 is 1.66. The van der Waals surface area contributed by atoms with Crippen molar-refractivity contribution in [2.24, 2.45) is 0 Å². The molecule has 6 heteroatoms. The van der Waals surface area contributed by atoms with Crippen molar-refractivity contribution < 1.29 is 9.53 Å². The molecule has 0 aromatic carbocycles. The molecule has 0 aliphatic carbocycles. The van der Waals surface area contributed by atoms with Crippen molar-refractivity contribution in [3.8, 4) is 0 Å². The number of urea groups is 1. The van der Waals surface area contributed by atoms with Crippen LogP contribution in [0.3, 0.4) is 0 Å². The molecule has 114 valence electrons. The van der Waals surface area contributed by atoms with Gasteiger partial charge >= 0.3 is 6.03 Å². The van der Waals surface area contributed by atoms with Crippen molar-refractivity contribution >= 4 is 17.4 Å². The molecule has 2 amide bonds. The summed E-state index contributed by atoms with van der Waals surface area (Å²) in [6.45, 7) is 10.3. The lowest BCUT2D eigenvalue weighted by Crippen LogP contribution is -2.45. The lowest BCUT2D eigenvalue weighted by molar-refractivity contribution is 0.0242. The maximum Gasteiger partial charge on any atom is 0.317 e. The SMILES string of the molecule is COC(C)(C)CNC(=O)N(C)[C@@H](C)c1nc(C)sc1C. The van der Waals surface area contributed by atoms with Crippen LogP contribution in [0.2, 0.25) is 0 Å². The van der Waals surface area contributed by atoms with Crippen molar-refractivity contribution in [2.45, 2.75) is 46.3 Å². The zero-order valence-electron chi connectivity index (χ0n) is 13.4. The molecule has 1 rings (SSSR count). The van der Waals surface area contributed by atoms with Gasteiger partial charge in [-0.05, 0) is 34.6 Å². The fourth-order valence-corrected chi connectivity index (χ4v) is 2.69. The van der Waals surface area contributed by atoms with Crippen LogP contribution in [0.5, 0.6) is 0 Å². The van der Waals surface area contributed by atoms with Gasteiger partial charge < -0.3 is 15.0 Å². The van der Waals surface area contributed by atoms with Gasteiger partial charge in [-0.3, -0.25) is 0 Å². The number of hydrogen-bond acceptors (Lipinski definition) is 4. The summed E-state index contributed by atoms with van der Waals surface area (Å²) in [4.78, 5) is 19.5. The fraction of sp³-hybridized carbons (Fsp3) is 0.714. The molecule has 1 heterocycles. The zero-order valence-corrected chi connectivity index (χ0v) is 14.2. The Labute approximate surface area is 125 Å². The van der Waals surface area contributed by atoms with Gasteiger partial charge in [-0.1, -0.05) is 0 Å². The van der Waals surface area contributed by atoms with Gasteiger partial charge in [0.25, 0.3) is 0 Å². The average Bonchev–Trinajstić information content (AvgIpc) is 2.73. The molecular formula is C14H25N3O2S. The zero-order chi connectivity index (χ0) is 15.5. The van der Waals surface area contributed by atoms with E-state index in [0.29, 0.717) is 6.54 Å². The van der Waals surface area contributed by atoms with Crippen LogP contribution in [-0.4, -0.2) is 42.2 Å². The van der Waals surface area contributed by atoms with Crippen molar-refractivity contribution in [2.75, 3.05) is 20.7 Å². The highest BCUT2D eigenvalue weighted by Crippen LogP contribution is 2.25. The van der Waals surface area contributed by atoms with Crippen molar-refractivity contribution in [3.05, 3.63) is 15.6 Å². The molecule has 0 spiro atoms. The van der Waals surface area contributed by atoms with E-state index in [4.69, 9.17) is 4.74 Å². The fourth-order valence-electron chi connectivity index (χ4n) is 1.78. The van der Waals surface area contributed by atoms with Crippen LogP contribution in [0.25, 0.3) is 0 Å². The highest BCUT2D eigenvalue weighted by Gasteiger charge is 2.23. The van der Waals surface area contributed by atoms with Crippen molar-refractivity contribution in [3.63, 3.8) is 0 Å². The van der Waals surface area contributed by atoms with Gasteiger partial charge in [0.1, 0.15) is 0 Å². The maximum atomic E-state index is 12.2. The number of aromatic nitrogens is 1. The molecule has 0 unspecified atom stereocenters. The first-order valence-corrected chi connectivity index (χ1v) is 7.49. The van der Waals surface area contributed by atoms with Gasteiger partial charge in [0, 0.05) is 25.6 Å². The lowest BCUT2D eigenvalue weighted by Gasteiger charge is -2.28. The minimum atomic E-state index is -0.368. The van der Waals surface area contributed by atoms with E-state index < -0.39 is 0 Å². The predicted octanol–water partition coefficient (Wildman–Crippen LogP) is 2.89. The van der Waals surface area contributed by atoms with Gasteiger partial charge in [0.15, 0.2) is 0 Å². The number of rotatable bonds is 5. The number of amides is 2. The third kappa shape index (κ3) is 4.18. The van der Waals surface area contributed by atoms with Gasteiger partial charge in [-0.2, -0.15) is 0 Å². The number of carbonyl (C=O) groups is 1. The van der Waals surface area contributed by atoms with Gasteiger partial charge in [-0.25, -0.2) is 9.78 Å². The molecule has 0 bridgehead atoms. The molecular weight excluding hydrogens is 274 g/mol. The topological polar surface area (TPSA) is 54.5 Å². The summed E-state index contributed by atoms with van der Waals surface area (Å²) in [5.41, 5.74) is 0.600. The van der Waals surface area contributed by atoms with Crippen LogP contribution in [0.1, 0.15) is 42.4 Å². The Kier molecular flexibility index (Phi) is 5.53. The second-order valence-corrected chi connectivity index (χ2v) is 6.99. The molecule has 1 aromatic heterocycles. The Balaban J connectivity index is 2.67. The first kappa shape index (κ1) is 16.9. The lowest BCUT2D eigenvalue weighted by atomic mass is 10.1. The molecule has 1 atom stereocenters. The molecule has 0 saturated heterocycles. The molecule has 1 aromatic rings. The van der Waals surface area contributed by atoms with Crippen molar-refractivity contribution in [1.82, 2.24) is 15.2 Å². The molecule has 0 saturated carbocycles. The molecule has 0 aliphatic rings. The first-order valence-electron chi connectivity index (χ1n) is 6.67. The number of hydrogen-bond donors (Lipinski definition) is 1. The third-order valence-corrected chi connectivity index (χ3v) is 4.36. The summed E-state index contributed by atoms with van der Waals surface area (Å²) in [5.74, 6) is 0. The Morgan fingerprint density at radius 1 is 1.50 bits per heavy atom. The summed E-state index contributed by atoms with van der Waals surface area (Å²) in [6.07, 6.45) is 0. The number of nitrogens with zero attached hydrogens (tertiary/aromatic N) is 2. The monoisotopic (exact) mass is 299 g/mol. The van der Waals surface area contributed by atoms with E-state index >= 15 is 0 Å². The van der Waals surface area contributed by atoms with Crippen molar-refractivity contribution in [1.29, 1.82) is 0 Å². The number of carbonyl (C=O) groups excluding carboxylic acids is 1. The molecule has 20 heavy (non-hydrogen) atoms. The number of methoxy groups -OCH3 is 1. The summed E-state index contributed by atoms with van der Waals surface area (Å²) in [5, 5.41) is 3.91. The largest absolute Gasteiger partial charge is 0.377 e. The third-order valence-electron chi connectivity index (χ3n) is 3.45. The van der Waals surface area contributed by atoms with E-state index in [9.17, 15) is 4.79 Å². The van der Waals surface area contributed by atoms with E-state index in [-0.39, 0.29) is 17.7 Å².